The second kappa shape index (κ2) is 7.16. The van der Waals surface area contributed by atoms with Gasteiger partial charge in [0.1, 0.15) is 17.3 Å². The van der Waals surface area contributed by atoms with E-state index in [0.29, 0.717) is 29.6 Å². The van der Waals surface area contributed by atoms with Crippen LogP contribution in [0.1, 0.15) is 35.2 Å². The van der Waals surface area contributed by atoms with Crippen LogP contribution >= 0.6 is 0 Å². The molecule has 24 heavy (non-hydrogen) atoms. The summed E-state index contributed by atoms with van der Waals surface area (Å²) < 4.78 is 10.6. The van der Waals surface area contributed by atoms with Crippen LogP contribution in [-0.2, 0) is 6.54 Å². The van der Waals surface area contributed by atoms with E-state index < -0.39 is 0 Å². The Morgan fingerprint density at radius 2 is 2.04 bits per heavy atom. The average molecular weight is 328 g/mol. The summed E-state index contributed by atoms with van der Waals surface area (Å²) in [7, 11) is 0. The first-order valence-corrected chi connectivity index (χ1v) is 7.92. The Labute approximate surface area is 140 Å². The summed E-state index contributed by atoms with van der Waals surface area (Å²) in [5.41, 5.74) is 1.28. The normalized spacial score (nSPS) is 12.1. The summed E-state index contributed by atoms with van der Waals surface area (Å²) in [6.45, 7) is 5.26. The Bertz CT molecular complexity index is 749. The van der Waals surface area contributed by atoms with Crippen molar-refractivity contribution in [2.24, 2.45) is 0 Å². The third-order valence-corrected chi connectivity index (χ3v) is 3.52. The number of fused-ring (bicyclic) bond motifs is 1. The fourth-order valence-corrected chi connectivity index (χ4v) is 2.35. The molecule has 0 radical (unpaired) electrons. The highest BCUT2D eigenvalue weighted by atomic mass is 16.7. The number of amides is 1. The SMILES string of the molecule is CCCNc1cc(C(=O)NCc2ccc3c(c2)OCO3)nc(C)n1. The van der Waals surface area contributed by atoms with E-state index >= 15 is 0 Å². The van der Waals surface area contributed by atoms with Crippen LogP contribution in [0.2, 0.25) is 0 Å². The van der Waals surface area contributed by atoms with Crippen molar-refractivity contribution < 1.29 is 14.3 Å². The lowest BCUT2D eigenvalue weighted by Crippen LogP contribution is -2.24. The molecule has 0 atom stereocenters. The van der Waals surface area contributed by atoms with Crippen molar-refractivity contribution >= 4 is 11.7 Å². The minimum absolute atomic E-state index is 0.235. The number of carbonyl (C=O) groups excluding carboxylic acids is 1. The molecule has 0 bridgehead atoms. The molecule has 126 valence electrons. The van der Waals surface area contributed by atoms with Crippen LogP contribution in [0.15, 0.2) is 24.3 Å². The molecule has 1 aromatic heterocycles. The van der Waals surface area contributed by atoms with Crippen LogP contribution in [0.5, 0.6) is 11.5 Å². The van der Waals surface area contributed by atoms with Gasteiger partial charge in [-0.05, 0) is 31.0 Å². The molecule has 2 aromatic rings. The van der Waals surface area contributed by atoms with Gasteiger partial charge in [0.2, 0.25) is 6.79 Å². The topological polar surface area (TPSA) is 85.4 Å². The Morgan fingerprint density at radius 3 is 2.88 bits per heavy atom. The molecule has 3 rings (SSSR count). The maximum absolute atomic E-state index is 12.3. The maximum Gasteiger partial charge on any atom is 0.270 e. The molecular formula is C17H20N4O3. The van der Waals surface area contributed by atoms with Gasteiger partial charge in [-0.2, -0.15) is 0 Å². The molecule has 7 nitrogen and oxygen atoms in total. The lowest BCUT2D eigenvalue weighted by Gasteiger charge is -2.09. The lowest BCUT2D eigenvalue weighted by atomic mass is 10.2. The third-order valence-electron chi connectivity index (χ3n) is 3.52. The van der Waals surface area contributed by atoms with Gasteiger partial charge in [0, 0.05) is 19.2 Å². The number of benzene rings is 1. The van der Waals surface area contributed by atoms with E-state index in [2.05, 4.69) is 27.5 Å². The van der Waals surface area contributed by atoms with Gasteiger partial charge in [-0.15, -0.1) is 0 Å². The number of anilines is 1. The molecule has 0 aliphatic carbocycles. The van der Waals surface area contributed by atoms with Crippen molar-refractivity contribution in [2.45, 2.75) is 26.8 Å². The van der Waals surface area contributed by atoms with Crippen molar-refractivity contribution in [1.29, 1.82) is 0 Å². The molecule has 0 saturated carbocycles. The van der Waals surface area contributed by atoms with Crippen LogP contribution in [0.25, 0.3) is 0 Å². The summed E-state index contributed by atoms with van der Waals surface area (Å²) >= 11 is 0. The fourth-order valence-electron chi connectivity index (χ4n) is 2.35. The van der Waals surface area contributed by atoms with Crippen LogP contribution in [0, 0.1) is 6.92 Å². The van der Waals surface area contributed by atoms with Gasteiger partial charge in [-0.25, -0.2) is 9.97 Å². The monoisotopic (exact) mass is 328 g/mol. The number of aryl methyl sites for hydroxylation is 1. The molecule has 0 fully saturated rings. The first kappa shape index (κ1) is 16.0. The Morgan fingerprint density at radius 1 is 1.21 bits per heavy atom. The minimum atomic E-state index is -0.238. The highest BCUT2D eigenvalue weighted by molar-refractivity contribution is 5.92. The summed E-state index contributed by atoms with van der Waals surface area (Å²) in [6, 6.07) is 7.26. The summed E-state index contributed by atoms with van der Waals surface area (Å²) in [6.07, 6.45) is 0.981. The summed E-state index contributed by atoms with van der Waals surface area (Å²) in [4.78, 5) is 20.8. The second-order valence-corrected chi connectivity index (χ2v) is 5.48. The number of nitrogens with zero attached hydrogens (tertiary/aromatic N) is 2. The molecule has 0 saturated heterocycles. The molecule has 2 N–H and O–H groups in total. The fraction of sp³-hybridized carbons (Fsp3) is 0.353. The van der Waals surface area contributed by atoms with Gasteiger partial charge in [0.05, 0.1) is 0 Å². The Kier molecular flexibility index (Phi) is 4.79. The van der Waals surface area contributed by atoms with Crippen molar-refractivity contribution in [3.05, 3.63) is 41.3 Å². The number of hydrogen-bond donors (Lipinski definition) is 2. The van der Waals surface area contributed by atoms with E-state index in [9.17, 15) is 4.79 Å². The molecule has 1 aliphatic rings. The van der Waals surface area contributed by atoms with E-state index in [-0.39, 0.29) is 12.7 Å². The molecular weight excluding hydrogens is 308 g/mol. The number of ether oxygens (including phenoxy) is 2. The smallest absolute Gasteiger partial charge is 0.270 e. The highest BCUT2D eigenvalue weighted by Crippen LogP contribution is 2.32. The second-order valence-electron chi connectivity index (χ2n) is 5.48. The average Bonchev–Trinajstić information content (AvgIpc) is 3.05. The molecule has 0 spiro atoms. The zero-order valence-electron chi connectivity index (χ0n) is 13.8. The third kappa shape index (κ3) is 3.73. The molecule has 7 heteroatoms. The van der Waals surface area contributed by atoms with Gasteiger partial charge >= 0.3 is 0 Å². The predicted molar refractivity (Wildman–Crippen MR) is 89.3 cm³/mol. The van der Waals surface area contributed by atoms with Crippen molar-refractivity contribution in [3.63, 3.8) is 0 Å². The van der Waals surface area contributed by atoms with Gasteiger partial charge < -0.3 is 20.1 Å². The number of aromatic nitrogens is 2. The maximum atomic E-state index is 12.3. The quantitative estimate of drug-likeness (QED) is 0.846. The summed E-state index contributed by atoms with van der Waals surface area (Å²) in [5, 5.41) is 6.03. The van der Waals surface area contributed by atoms with Gasteiger partial charge in [-0.1, -0.05) is 13.0 Å². The van der Waals surface area contributed by atoms with Crippen molar-refractivity contribution in [1.82, 2.24) is 15.3 Å². The van der Waals surface area contributed by atoms with Crippen molar-refractivity contribution in [2.75, 3.05) is 18.7 Å². The number of nitrogens with one attached hydrogen (secondary N) is 2. The van der Waals surface area contributed by atoms with E-state index in [0.717, 1.165) is 24.3 Å². The summed E-state index contributed by atoms with van der Waals surface area (Å²) in [5.74, 6) is 2.41. The van der Waals surface area contributed by atoms with E-state index in [1.54, 1.807) is 13.0 Å². The standard InChI is InChI=1S/C17H20N4O3/c1-3-6-18-16-8-13(20-11(2)21-16)17(22)19-9-12-4-5-14-15(7-12)24-10-23-14/h4-5,7-8H,3,6,9-10H2,1-2H3,(H,19,22)(H,18,20,21). The van der Waals surface area contributed by atoms with Crippen LogP contribution in [0.4, 0.5) is 5.82 Å². The molecule has 1 aliphatic heterocycles. The predicted octanol–water partition coefficient (Wildman–Crippen LogP) is 2.27. The zero-order chi connectivity index (χ0) is 16.9. The highest BCUT2D eigenvalue weighted by Gasteiger charge is 2.14. The lowest BCUT2D eigenvalue weighted by molar-refractivity contribution is 0.0945. The number of rotatable bonds is 6. The minimum Gasteiger partial charge on any atom is -0.454 e. The molecule has 1 amide bonds. The first-order valence-electron chi connectivity index (χ1n) is 7.92. The van der Waals surface area contributed by atoms with E-state index in [1.807, 2.05) is 18.2 Å². The number of hydrogen-bond acceptors (Lipinski definition) is 6. The Hall–Kier alpha value is -2.83. The Balaban J connectivity index is 1.65. The van der Waals surface area contributed by atoms with Crippen LogP contribution in [-0.4, -0.2) is 29.2 Å². The van der Waals surface area contributed by atoms with Gasteiger partial charge in [0.25, 0.3) is 5.91 Å². The van der Waals surface area contributed by atoms with Crippen LogP contribution in [0.3, 0.4) is 0 Å². The van der Waals surface area contributed by atoms with Crippen LogP contribution < -0.4 is 20.1 Å². The molecule has 1 aromatic carbocycles. The van der Waals surface area contributed by atoms with Gasteiger partial charge in [-0.3, -0.25) is 4.79 Å². The van der Waals surface area contributed by atoms with E-state index in [1.165, 1.54) is 0 Å². The largest absolute Gasteiger partial charge is 0.454 e. The van der Waals surface area contributed by atoms with Crippen molar-refractivity contribution in [3.8, 4) is 11.5 Å². The molecule has 0 unspecified atom stereocenters. The number of carbonyl (C=O) groups is 1. The molecule has 2 heterocycles. The zero-order valence-corrected chi connectivity index (χ0v) is 13.8. The van der Waals surface area contributed by atoms with E-state index in [4.69, 9.17) is 9.47 Å². The first-order chi connectivity index (χ1) is 11.7. The van der Waals surface area contributed by atoms with Gasteiger partial charge in [0.15, 0.2) is 11.5 Å².